The summed E-state index contributed by atoms with van der Waals surface area (Å²) in [7, 11) is 0. The highest BCUT2D eigenvalue weighted by Gasteiger charge is 2.60. The van der Waals surface area contributed by atoms with E-state index in [1.54, 1.807) is 4.90 Å². The molecule has 6 nitrogen and oxygen atoms in total. The molecule has 0 radical (unpaired) electrons. The lowest BCUT2D eigenvalue weighted by Gasteiger charge is -2.48. The normalized spacial score (nSPS) is 23.7. The largest absolute Gasteiger partial charge is 0.368 e. The second-order valence-corrected chi connectivity index (χ2v) is 9.62. The van der Waals surface area contributed by atoms with Crippen LogP contribution < -0.4 is 4.90 Å². The van der Waals surface area contributed by atoms with Gasteiger partial charge in [-0.25, -0.2) is 0 Å². The number of nitrogens with zero attached hydrogens (tertiary/aromatic N) is 3. The molecule has 0 aliphatic carbocycles. The number of carbonyl (C=O) groups is 2. The summed E-state index contributed by atoms with van der Waals surface area (Å²) in [6.45, 7) is 3.44. The van der Waals surface area contributed by atoms with E-state index in [1.807, 2.05) is 83.8 Å². The number of hydrogen-bond donors (Lipinski definition) is 0. The number of anilines is 1. The molecule has 0 bridgehead atoms. The van der Waals surface area contributed by atoms with Crippen molar-refractivity contribution in [2.45, 2.75) is 11.6 Å². The van der Waals surface area contributed by atoms with Crippen molar-refractivity contribution in [2.24, 2.45) is 0 Å². The van der Waals surface area contributed by atoms with Gasteiger partial charge in [0, 0.05) is 54.6 Å². The molecular weight excluding hydrogens is 462 g/mol. The van der Waals surface area contributed by atoms with Gasteiger partial charge in [-0.15, -0.1) is 0 Å². The molecule has 2 atom stereocenters. The summed E-state index contributed by atoms with van der Waals surface area (Å²) in [4.78, 5) is 33.8. The lowest BCUT2D eigenvalue weighted by Crippen LogP contribution is -2.59. The number of amides is 2. The lowest BCUT2D eigenvalue weighted by atomic mass is 9.76. The Labute approximate surface area is 209 Å². The van der Waals surface area contributed by atoms with Gasteiger partial charge < -0.3 is 19.4 Å². The molecule has 2 amide bonds. The Kier molecular flexibility index (Phi) is 5.50. The van der Waals surface area contributed by atoms with E-state index >= 15 is 0 Å². The summed E-state index contributed by atoms with van der Waals surface area (Å²) >= 11 is 6.19. The van der Waals surface area contributed by atoms with Gasteiger partial charge in [-0.1, -0.05) is 66.2 Å². The summed E-state index contributed by atoms with van der Waals surface area (Å²) in [5.74, 6) is -0.734. The van der Waals surface area contributed by atoms with E-state index in [2.05, 4.69) is 4.90 Å². The van der Waals surface area contributed by atoms with E-state index in [1.165, 1.54) is 0 Å². The fraction of sp³-hybridized carbons (Fsp3) is 0.286. The van der Waals surface area contributed by atoms with Crippen molar-refractivity contribution in [3.63, 3.8) is 0 Å². The number of ether oxygens (including phenoxy) is 1. The summed E-state index contributed by atoms with van der Waals surface area (Å²) in [6.07, 6.45) is 0. The first-order valence-electron chi connectivity index (χ1n) is 12.0. The SMILES string of the molecule is O=C([C@H]1c2ccccc2C(=O)N2CCO[C@@]12c1ccccc1)N1CCN(c2cccc(Cl)c2)CC1. The molecule has 3 aliphatic heterocycles. The predicted molar refractivity (Wildman–Crippen MR) is 135 cm³/mol. The number of halogens is 1. The molecule has 3 aromatic carbocycles. The van der Waals surface area contributed by atoms with Crippen LogP contribution in [-0.2, 0) is 15.3 Å². The molecule has 2 saturated heterocycles. The van der Waals surface area contributed by atoms with Gasteiger partial charge in [-0.2, -0.15) is 0 Å². The molecule has 0 saturated carbocycles. The van der Waals surface area contributed by atoms with Crippen LogP contribution in [-0.4, -0.2) is 60.9 Å². The van der Waals surface area contributed by atoms with E-state index in [-0.39, 0.29) is 11.8 Å². The smallest absolute Gasteiger partial charge is 0.256 e. The van der Waals surface area contributed by atoms with Gasteiger partial charge in [0.2, 0.25) is 5.91 Å². The Morgan fingerprint density at radius 3 is 2.40 bits per heavy atom. The van der Waals surface area contributed by atoms with Crippen LogP contribution in [0.15, 0.2) is 78.9 Å². The number of rotatable bonds is 3. The first-order chi connectivity index (χ1) is 17.1. The van der Waals surface area contributed by atoms with Crippen LogP contribution in [0.4, 0.5) is 5.69 Å². The first-order valence-corrected chi connectivity index (χ1v) is 12.4. The molecule has 0 unspecified atom stereocenters. The Morgan fingerprint density at radius 1 is 0.886 bits per heavy atom. The van der Waals surface area contributed by atoms with Crippen LogP contribution in [0.5, 0.6) is 0 Å². The Morgan fingerprint density at radius 2 is 1.63 bits per heavy atom. The van der Waals surface area contributed by atoms with Gasteiger partial charge >= 0.3 is 0 Å². The Balaban J connectivity index is 1.37. The highest BCUT2D eigenvalue weighted by atomic mass is 35.5. The van der Waals surface area contributed by atoms with Crippen molar-refractivity contribution >= 4 is 29.1 Å². The van der Waals surface area contributed by atoms with Crippen molar-refractivity contribution in [3.8, 4) is 0 Å². The van der Waals surface area contributed by atoms with E-state index < -0.39 is 11.6 Å². The highest BCUT2D eigenvalue weighted by molar-refractivity contribution is 6.30. The van der Waals surface area contributed by atoms with Crippen LogP contribution in [0.1, 0.15) is 27.4 Å². The quantitative estimate of drug-likeness (QED) is 0.558. The lowest BCUT2D eigenvalue weighted by molar-refractivity contribution is -0.152. The van der Waals surface area contributed by atoms with Gasteiger partial charge in [0.25, 0.3) is 5.91 Å². The fourth-order valence-corrected chi connectivity index (χ4v) is 5.94. The average molecular weight is 488 g/mol. The molecule has 0 spiro atoms. The van der Waals surface area contributed by atoms with Gasteiger partial charge in [0.1, 0.15) is 5.92 Å². The molecule has 7 heteroatoms. The van der Waals surface area contributed by atoms with Crippen LogP contribution >= 0.6 is 11.6 Å². The van der Waals surface area contributed by atoms with Crippen LogP contribution in [0.2, 0.25) is 5.02 Å². The van der Waals surface area contributed by atoms with Crippen LogP contribution in [0.25, 0.3) is 0 Å². The minimum absolute atomic E-state index is 0.00792. The Bertz CT molecular complexity index is 1280. The average Bonchev–Trinajstić information content (AvgIpc) is 3.36. The molecule has 2 fully saturated rings. The maximum atomic E-state index is 14.3. The van der Waals surface area contributed by atoms with Crippen molar-refractivity contribution in [2.75, 3.05) is 44.2 Å². The van der Waals surface area contributed by atoms with Crippen molar-refractivity contribution in [1.82, 2.24) is 9.80 Å². The summed E-state index contributed by atoms with van der Waals surface area (Å²) in [5, 5.41) is 0.702. The molecule has 178 valence electrons. The zero-order valence-corrected chi connectivity index (χ0v) is 20.0. The van der Waals surface area contributed by atoms with Gasteiger partial charge in [0.05, 0.1) is 6.61 Å². The number of fused-ring (bicyclic) bond motifs is 2. The predicted octanol–water partition coefficient (Wildman–Crippen LogP) is 4.11. The molecule has 0 aromatic heterocycles. The monoisotopic (exact) mass is 487 g/mol. The third kappa shape index (κ3) is 3.51. The molecule has 3 aromatic rings. The molecule has 35 heavy (non-hydrogen) atoms. The topological polar surface area (TPSA) is 53.1 Å². The molecule has 0 N–H and O–H groups in total. The molecule has 3 heterocycles. The van der Waals surface area contributed by atoms with Crippen molar-refractivity contribution < 1.29 is 14.3 Å². The molecule has 3 aliphatic rings. The summed E-state index contributed by atoms with van der Waals surface area (Å²) < 4.78 is 6.42. The Hall–Kier alpha value is -3.35. The molecule has 6 rings (SSSR count). The summed E-state index contributed by atoms with van der Waals surface area (Å²) in [5.41, 5.74) is 2.07. The zero-order chi connectivity index (χ0) is 24.0. The van der Waals surface area contributed by atoms with Crippen molar-refractivity contribution in [3.05, 3.63) is 101 Å². The first kappa shape index (κ1) is 22.1. The minimum atomic E-state index is -1.14. The number of piperazine rings is 1. The van der Waals surface area contributed by atoms with Gasteiger partial charge in [-0.3, -0.25) is 9.59 Å². The van der Waals surface area contributed by atoms with Crippen LogP contribution in [0.3, 0.4) is 0 Å². The second-order valence-electron chi connectivity index (χ2n) is 9.18. The fourth-order valence-electron chi connectivity index (χ4n) is 5.75. The number of carbonyl (C=O) groups excluding carboxylic acids is 2. The highest BCUT2D eigenvalue weighted by Crippen LogP contribution is 2.51. The maximum absolute atomic E-state index is 14.3. The van der Waals surface area contributed by atoms with Crippen molar-refractivity contribution in [1.29, 1.82) is 0 Å². The van der Waals surface area contributed by atoms with E-state index in [0.717, 1.165) is 16.8 Å². The van der Waals surface area contributed by atoms with E-state index in [0.29, 0.717) is 49.9 Å². The minimum Gasteiger partial charge on any atom is -0.368 e. The second kappa shape index (κ2) is 8.70. The van der Waals surface area contributed by atoms with Gasteiger partial charge in [-0.05, 0) is 29.8 Å². The van der Waals surface area contributed by atoms with E-state index in [4.69, 9.17) is 16.3 Å². The zero-order valence-electron chi connectivity index (χ0n) is 19.3. The summed E-state index contributed by atoms with van der Waals surface area (Å²) in [6, 6.07) is 25.0. The standard InChI is InChI=1S/C28H26ClN3O3/c29-21-9-6-10-22(19-21)30-13-15-31(16-14-30)27(34)25-23-11-4-5-12-24(23)26(33)32-17-18-35-28(25,32)20-7-2-1-3-8-20/h1-12,19,25H,13-18H2/t25-,28+/m1/s1. The number of benzene rings is 3. The van der Waals surface area contributed by atoms with Crippen LogP contribution in [0, 0.1) is 0 Å². The number of hydrogen-bond acceptors (Lipinski definition) is 4. The maximum Gasteiger partial charge on any atom is 0.256 e. The third-order valence-corrected chi connectivity index (χ3v) is 7.61. The van der Waals surface area contributed by atoms with E-state index in [9.17, 15) is 9.59 Å². The molecular formula is C28H26ClN3O3. The van der Waals surface area contributed by atoms with Gasteiger partial charge in [0.15, 0.2) is 5.72 Å². The third-order valence-electron chi connectivity index (χ3n) is 7.38.